The van der Waals surface area contributed by atoms with Gasteiger partial charge in [-0.2, -0.15) is 0 Å². The lowest BCUT2D eigenvalue weighted by atomic mass is 10.3. The molecule has 1 aromatic rings. The molecule has 0 saturated carbocycles. The van der Waals surface area contributed by atoms with E-state index in [1.165, 1.54) is 0 Å². The van der Waals surface area contributed by atoms with Crippen molar-refractivity contribution < 1.29 is 21.6 Å². The van der Waals surface area contributed by atoms with Crippen molar-refractivity contribution in [2.45, 2.75) is 4.90 Å². The van der Waals surface area contributed by atoms with E-state index in [9.17, 15) is 21.6 Å². The second kappa shape index (κ2) is 5.48. The van der Waals surface area contributed by atoms with Gasteiger partial charge in [-0.25, -0.2) is 26.3 Å². The first-order chi connectivity index (χ1) is 7.88. The summed E-state index contributed by atoms with van der Waals surface area (Å²) in [5, 5.41) is 2.66. The van der Waals surface area contributed by atoms with Gasteiger partial charge >= 0.3 is 0 Å². The van der Waals surface area contributed by atoms with Crippen LogP contribution in [0.15, 0.2) is 17.0 Å². The van der Waals surface area contributed by atoms with Crippen LogP contribution >= 0.6 is 0 Å². The highest BCUT2D eigenvalue weighted by atomic mass is 32.2. The van der Waals surface area contributed by atoms with Crippen LogP contribution in [-0.4, -0.2) is 28.6 Å². The number of hydrogen-bond acceptors (Lipinski definition) is 3. The molecule has 96 valence electrons. The zero-order chi connectivity index (χ0) is 13.1. The van der Waals surface area contributed by atoms with E-state index in [-0.39, 0.29) is 6.54 Å². The van der Waals surface area contributed by atoms with Gasteiger partial charge in [0, 0.05) is 25.2 Å². The van der Waals surface area contributed by atoms with E-state index >= 15 is 0 Å². The molecule has 0 aromatic heterocycles. The largest absolute Gasteiger partial charge is 0.318 e. The average Bonchev–Trinajstić information content (AvgIpc) is 2.15. The predicted molar refractivity (Wildman–Crippen MR) is 55.4 cm³/mol. The lowest BCUT2D eigenvalue weighted by Gasteiger charge is -2.08. The van der Waals surface area contributed by atoms with Gasteiger partial charge in [-0.1, -0.05) is 0 Å². The van der Waals surface area contributed by atoms with E-state index in [0.29, 0.717) is 18.7 Å². The second-order valence-corrected chi connectivity index (χ2v) is 4.90. The van der Waals surface area contributed by atoms with Crippen molar-refractivity contribution >= 4 is 10.0 Å². The molecule has 0 amide bonds. The smallest absolute Gasteiger partial charge is 0.246 e. The first-order valence-electron chi connectivity index (χ1n) is 4.67. The zero-order valence-corrected chi connectivity index (χ0v) is 9.74. The molecule has 0 aliphatic heterocycles. The molecule has 0 atom stereocenters. The third-order valence-corrected chi connectivity index (χ3v) is 3.41. The van der Waals surface area contributed by atoms with Gasteiger partial charge in [0.25, 0.3) is 0 Å². The number of hydrogen-bond donors (Lipinski definition) is 2. The molecule has 4 nitrogen and oxygen atoms in total. The van der Waals surface area contributed by atoms with Crippen LogP contribution < -0.4 is 10.0 Å². The Bertz CT molecular complexity index is 482. The second-order valence-electron chi connectivity index (χ2n) is 3.20. The summed E-state index contributed by atoms with van der Waals surface area (Å²) in [5.41, 5.74) is 0. The molecule has 0 aliphatic carbocycles. The van der Waals surface area contributed by atoms with Gasteiger partial charge in [-0.15, -0.1) is 0 Å². The minimum absolute atomic E-state index is 0.0326. The van der Waals surface area contributed by atoms with Crippen molar-refractivity contribution in [2.75, 3.05) is 20.1 Å². The van der Waals surface area contributed by atoms with Crippen LogP contribution in [0.25, 0.3) is 0 Å². The molecule has 0 heterocycles. The Kier molecular flexibility index (Phi) is 4.49. The fraction of sp³-hybridized carbons (Fsp3) is 0.333. The maximum absolute atomic E-state index is 13.2. The van der Waals surface area contributed by atoms with Crippen molar-refractivity contribution in [1.82, 2.24) is 10.0 Å². The highest BCUT2D eigenvalue weighted by Crippen LogP contribution is 2.19. The van der Waals surface area contributed by atoms with E-state index in [0.717, 1.165) is 0 Å². The summed E-state index contributed by atoms with van der Waals surface area (Å²) in [6.45, 7) is 0.263. The van der Waals surface area contributed by atoms with Crippen LogP contribution in [0.1, 0.15) is 0 Å². The van der Waals surface area contributed by atoms with Gasteiger partial charge in [0.1, 0.15) is 17.5 Å². The minimum Gasteiger partial charge on any atom is -0.318 e. The van der Waals surface area contributed by atoms with Gasteiger partial charge in [-0.05, 0) is 7.05 Å². The SMILES string of the molecule is CNCCNS(=O)(=O)c1c(F)cc(F)cc1F. The van der Waals surface area contributed by atoms with Crippen molar-refractivity contribution in [2.24, 2.45) is 0 Å². The van der Waals surface area contributed by atoms with Gasteiger partial charge in [-0.3, -0.25) is 0 Å². The fourth-order valence-electron chi connectivity index (χ4n) is 1.17. The van der Waals surface area contributed by atoms with Gasteiger partial charge < -0.3 is 5.32 Å². The molecule has 0 aliphatic rings. The Morgan fingerprint density at radius 3 is 2.12 bits per heavy atom. The van der Waals surface area contributed by atoms with Gasteiger partial charge in [0.05, 0.1) is 0 Å². The third kappa shape index (κ3) is 3.42. The molecule has 0 bridgehead atoms. The van der Waals surface area contributed by atoms with Crippen LogP contribution in [0.3, 0.4) is 0 Å². The van der Waals surface area contributed by atoms with Crippen molar-refractivity contribution in [3.8, 4) is 0 Å². The van der Waals surface area contributed by atoms with Crippen LogP contribution in [0.5, 0.6) is 0 Å². The summed E-state index contributed by atoms with van der Waals surface area (Å²) in [5.74, 6) is -4.09. The summed E-state index contributed by atoms with van der Waals surface area (Å²) in [4.78, 5) is -1.17. The molecule has 0 spiro atoms. The Labute approximate surface area is 96.9 Å². The molecule has 1 rings (SSSR count). The van der Waals surface area contributed by atoms with Crippen molar-refractivity contribution in [3.63, 3.8) is 0 Å². The number of rotatable bonds is 5. The maximum atomic E-state index is 13.2. The van der Waals surface area contributed by atoms with E-state index in [4.69, 9.17) is 0 Å². The zero-order valence-electron chi connectivity index (χ0n) is 8.93. The topological polar surface area (TPSA) is 58.2 Å². The summed E-state index contributed by atoms with van der Waals surface area (Å²) in [7, 11) is -2.73. The summed E-state index contributed by atoms with van der Waals surface area (Å²) in [6, 6.07) is 0.630. The van der Waals surface area contributed by atoms with Gasteiger partial charge in [0.2, 0.25) is 10.0 Å². The molecule has 8 heteroatoms. The van der Waals surface area contributed by atoms with E-state index in [2.05, 4.69) is 5.32 Å². The summed E-state index contributed by atoms with van der Waals surface area (Å²) < 4.78 is 64.0. The van der Waals surface area contributed by atoms with E-state index < -0.39 is 32.4 Å². The standard InChI is InChI=1S/C9H11F3N2O2S/c1-13-2-3-14-17(15,16)9-7(11)4-6(10)5-8(9)12/h4-5,13-14H,2-3H2,1H3. The molecule has 2 N–H and O–H groups in total. The molecule has 0 radical (unpaired) electrons. The molecule has 0 saturated heterocycles. The van der Waals surface area contributed by atoms with Crippen LogP contribution in [0.4, 0.5) is 13.2 Å². The molecular weight excluding hydrogens is 257 g/mol. The normalized spacial score (nSPS) is 11.8. The summed E-state index contributed by atoms with van der Waals surface area (Å²) >= 11 is 0. The molecule has 0 fully saturated rings. The van der Waals surface area contributed by atoms with E-state index in [1.54, 1.807) is 7.05 Å². The average molecular weight is 268 g/mol. The Hall–Kier alpha value is -1.12. The van der Waals surface area contributed by atoms with Crippen LogP contribution in [-0.2, 0) is 10.0 Å². The number of nitrogens with one attached hydrogen (secondary N) is 2. The molecule has 17 heavy (non-hydrogen) atoms. The molecule has 0 unspecified atom stereocenters. The first kappa shape index (κ1) is 13.9. The lowest BCUT2D eigenvalue weighted by Crippen LogP contribution is -2.31. The quantitative estimate of drug-likeness (QED) is 0.769. The van der Waals surface area contributed by atoms with Crippen LogP contribution in [0, 0.1) is 17.5 Å². The highest BCUT2D eigenvalue weighted by molar-refractivity contribution is 7.89. The Balaban J connectivity index is 3.07. The number of halogens is 3. The van der Waals surface area contributed by atoms with Gasteiger partial charge in [0.15, 0.2) is 4.90 Å². The van der Waals surface area contributed by atoms with Crippen molar-refractivity contribution in [1.29, 1.82) is 0 Å². The first-order valence-corrected chi connectivity index (χ1v) is 6.15. The Morgan fingerprint density at radius 2 is 1.65 bits per heavy atom. The molecular formula is C9H11F3N2O2S. The van der Waals surface area contributed by atoms with Crippen molar-refractivity contribution in [3.05, 3.63) is 29.6 Å². The van der Waals surface area contributed by atoms with E-state index in [1.807, 2.05) is 4.72 Å². The highest BCUT2D eigenvalue weighted by Gasteiger charge is 2.24. The predicted octanol–water partition coefficient (Wildman–Crippen LogP) is 0.602. The lowest BCUT2D eigenvalue weighted by molar-refractivity contribution is 0.493. The maximum Gasteiger partial charge on any atom is 0.246 e. The fourth-order valence-corrected chi connectivity index (χ4v) is 2.31. The number of likely N-dealkylation sites (N-methyl/N-ethyl adjacent to an activating group) is 1. The third-order valence-electron chi connectivity index (χ3n) is 1.90. The molecule has 1 aromatic carbocycles. The Morgan fingerprint density at radius 1 is 1.12 bits per heavy atom. The van der Waals surface area contributed by atoms with Crippen LogP contribution in [0.2, 0.25) is 0 Å². The number of benzene rings is 1. The monoisotopic (exact) mass is 268 g/mol. The summed E-state index contributed by atoms with van der Waals surface area (Å²) in [6.07, 6.45) is 0. The minimum atomic E-state index is -4.32. The number of sulfonamides is 1.